The molecule has 8 heteroatoms. The van der Waals surface area contributed by atoms with Gasteiger partial charge in [-0.2, -0.15) is 5.10 Å². The summed E-state index contributed by atoms with van der Waals surface area (Å²) in [4.78, 5) is 22.8. The Bertz CT molecular complexity index is 684. The van der Waals surface area contributed by atoms with Crippen molar-refractivity contribution in [2.75, 3.05) is 0 Å². The van der Waals surface area contributed by atoms with Crippen molar-refractivity contribution in [3.05, 3.63) is 39.8 Å². The lowest BCUT2D eigenvalue weighted by atomic mass is 10.2. The van der Waals surface area contributed by atoms with E-state index in [1.807, 2.05) is 0 Å². The third-order valence-electron chi connectivity index (χ3n) is 3.50. The lowest BCUT2D eigenvalue weighted by molar-refractivity contribution is 0.0943. The molecule has 0 saturated heterocycles. The van der Waals surface area contributed by atoms with Crippen molar-refractivity contribution in [1.82, 2.24) is 30.3 Å². The van der Waals surface area contributed by atoms with Gasteiger partial charge in [0.05, 0.1) is 6.54 Å². The molecule has 0 unspecified atom stereocenters. The molecule has 0 fully saturated rings. The van der Waals surface area contributed by atoms with Crippen LogP contribution in [0.4, 0.5) is 0 Å². The molecule has 3 rings (SSSR count). The number of carbonyl (C=O) groups excluding carboxylic acids is 1. The number of amides is 1. The van der Waals surface area contributed by atoms with Gasteiger partial charge in [-0.1, -0.05) is 6.42 Å². The zero-order valence-corrected chi connectivity index (χ0v) is 11.5. The van der Waals surface area contributed by atoms with E-state index in [-0.39, 0.29) is 17.2 Å². The number of nitrogens with zero attached hydrogens (tertiary/aromatic N) is 4. The number of carbonyl (C=O) groups is 1. The molecule has 0 radical (unpaired) electrons. The fraction of sp³-hybridized carbons (Fsp3) is 0.462. The second-order valence-electron chi connectivity index (χ2n) is 4.98. The third-order valence-corrected chi connectivity index (χ3v) is 3.50. The molecule has 21 heavy (non-hydrogen) atoms. The van der Waals surface area contributed by atoms with Gasteiger partial charge in [0.2, 0.25) is 0 Å². The molecular formula is C13H16N6O2. The maximum absolute atomic E-state index is 11.9. The average Bonchev–Trinajstić information content (AvgIpc) is 2.72. The molecule has 1 aliphatic heterocycles. The Morgan fingerprint density at radius 1 is 1.29 bits per heavy atom. The number of H-pyrrole nitrogens is 1. The van der Waals surface area contributed by atoms with Crippen molar-refractivity contribution in [3.63, 3.8) is 0 Å². The highest BCUT2D eigenvalue weighted by molar-refractivity contribution is 5.91. The van der Waals surface area contributed by atoms with Crippen LogP contribution >= 0.6 is 0 Å². The van der Waals surface area contributed by atoms with Crippen LogP contribution in [0, 0.1) is 0 Å². The van der Waals surface area contributed by atoms with Crippen molar-refractivity contribution in [3.8, 4) is 0 Å². The summed E-state index contributed by atoms with van der Waals surface area (Å²) in [5, 5.41) is 17.0. The molecule has 0 aromatic carbocycles. The number of fused-ring (bicyclic) bond motifs is 1. The Balaban J connectivity index is 1.67. The van der Waals surface area contributed by atoms with E-state index in [0.717, 1.165) is 37.5 Å². The Kier molecular flexibility index (Phi) is 3.76. The number of rotatable bonds is 3. The first-order valence-corrected chi connectivity index (χ1v) is 6.99. The summed E-state index contributed by atoms with van der Waals surface area (Å²) in [6.45, 7) is 1.19. The van der Waals surface area contributed by atoms with E-state index in [0.29, 0.717) is 6.54 Å². The van der Waals surface area contributed by atoms with E-state index in [1.165, 1.54) is 18.6 Å². The Labute approximate surface area is 120 Å². The Morgan fingerprint density at radius 3 is 3.00 bits per heavy atom. The van der Waals surface area contributed by atoms with E-state index < -0.39 is 0 Å². The molecule has 0 spiro atoms. The minimum absolute atomic E-state index is 0.171. The maximum Gasteiger partial charge on any atom is 0.272 e. The summed E-state index contributed by atoms with van der Waals surface area (Å²) in [7, 11) is 0. The van der Waals surface area contributed by atoms with E-state index in [9.17, 15) is 9.59 Å². The minimum atomic E-state index is -0.350. The molecule has 2 aromatic rings. The number of aromatic nitrogens is 5. The molecule has 0 bridgehead atoms. The molecule has 0 saturated carbocycles. The fourth-order valence-electron chi connectivity index (χ4n) is 2.40. The van der Waals surface area contributed by atoms with E-state index in [4.69, 9.17) is 0 Å². The molecule has 8 nitrogen and oxygen atoms in total. The van der Waals surface area contributed by atoms with Crippen molar-refractivity contribution in [2.24, 2.45) is 0 Å². The van der Waals surface area contributed by atoms with Gasteiger partial charge >= 0.3 is 0 Å². The maximum atomic E-state index is 11.9. The predicted molar refractivity (Wildman–Crippen MR) is 73.6 cm³/mol. The van der Waals surface area contributed by atoms with E-state index in [1.54, 1.807) is 0 Å². The first-order valence-electron chi connectivity index (χ1n) is 6.99. The summed E-state index contributed by atoms with van der Waals surface area (Å²) in [6, 6.07) is 2.66. The number of hydrogen-bond acceptors (Lipinski definition) is 5. The van der Waals surface area contributed by atoms with E-state index >= 15 is 0 Å². The topological polar surface area (TPSA) is 106 Å². The first kappa shape index (κ1) is 13.5. The molecule has 2 N–H and O–H groups in total. The predicted octanol–water partition coefficient (Wildman–Crippen LogP) is 0.0178. The summed E-state index contributed by atoms with van der Waals surface area (Å²) in [5.74, 6) is 1.39. The lowest BCUT2D eigenvalue weighted by Crippen LogP contribution is -2.27. The molecule has 0 aliphatic carbocycles. The van der Waals surface area contributed by atoms with Crippen molar-refractivity contribution in [2.45, 2.75) is 38.8 Å². The summed E-state index contributed by atoms with van der Waals surface area (Å²) < 4.78 is 2.08. The van der Waals surface area contributed by atoms with Crippen LogP contribution in [0.25, 0.3) is 0 Å². The van der Waals surface area contributed by atoms with Gasteiger partial charge in [0.1, 0.15) is 11.5 Å². The van der Waals surface area contributed by atoms with Gasteiger partial charge in [0.15, 0.2) is 5.82 Å². The minimum Gasteiger partial charge on any atom is -0.343 e. The van der Waals surface area contributed by atoms with Crippen molar-refractivity contribution >= 4 is 5.91 Å². The Morgan fingerprint density at radius 2 is 2.19 bits per heavy atom. The highest BCUT2D eigenvalue weighted by Crippen LogP contribution is 2.14. The van der Waals surface area contributed by atoms with Gasteiger partial charge in [-0.3, -0.25) is 9.59 Å². The first-order chi connectivity index (χ1) is 10.2. The average molecular weight is 288 g/mol. The monoisotopic (exact) mass is 288 g/mol. The normalized spacial score (nSPS) is 14.3. The molecule has 1 aliphatic rings. The zero-order valence-electron chi connectivity index (χ0n) is 11.5. The molecule has 3 heterocycles. The standard InChI is InChI=1S/C13H16N6O2/c20-12-6-5-9(15-18-12)13(21)14-8-11-17-16-10-4-2-1-3-7-19(10)11/h5-6H,1-4,7-8H2,(H,14,21)(H,18,20). The molecule has 0 atom stereocenters. The van der Waals surface area contributed by atoms with E-state index in [2.05, 4.69) is 30.3 Å². The molecule has 110 valence electrons. The summed E-state index contributed by atoms with van der Waals surface area (Å²) >= 11 is 0. The Hall–Kier alpha value is -2.51. The number of nitrogens with one attached hydrogen (secondary N) is 2. The smallest absolute Gasteiger partial charge is 0.272 e. The zero-order chi connectivity index (χ0) is 14.7. The van der Waals surface area contributed by atoms with Crippen LogP contribution in [0.1, 0.15) is 41.4 Å². The molecule has 2 aromatic heterocycles. The third kappa shape index (κ3) is 2.99. The van der Waals surface area contributed by atoms with Crippen LogP contribution in [-0.2, 0) is 19.5 Å². The second-order valence-corrected chi connectivity index (χ2v) is 4.98. The van der Waals surface area contributed by atoms with Gasteiger partial charge in [0, 0.05) is 19.0 Å². The largest absolute Gasteiger partial charge is 0.343 e. The highest BCUT2D eigenvalue weighted by atomic mass is 16.2. The van der Waals surface area contributed by atoms with Gasteiger partial charge < -0.3 is 9.88 Å². The van der Waals surface area contributed by atoms with Crippen LogP contribution < -0.4 is 10.9 Å². The van der Waals surface area contributed by atoms with Crippen LogP contribution in [0.2, 0.25) is 0 Å². The lowest BCUT2D eigenvalue weighted by Gasteiger charge is -2.07. The van der Waals surface area contributed by atoms with Crippen LogP contribution in [0.15, 0.2) is 16.9 Å². The van der Waals surface area contributed by atoms with Gasteiger partial charge in [0.25, 0.3) is 11.5 Å². The second kappa shape index (κ2) is 5.86. The molecule has 1 amide bonds. The summed E-state index contributed by atoms with van der Waals surface area (Å²) in [6.07, 6.45) is 4.36. The van der Waals surface area contributed by atoms with Gasteiger partial charge in [-0.25, -0.2) is 5.10 Å². The quantitative estimate of drug-likeness (QED) is 0.828. The highest BCUT2D eigenvalue weighted by Gasteiger charge is 2.15. The number of hydrogen-bond donors (Lipinski definition) is 2. The van der Waals surface area contributed by atoms with Crippen LogP contribution in [0.5, 0.6) is 0 Å². The van der Waals surface area contributed by atoms with Gasteiger partial charge in [-0.05, 0) is 18.9 Å². The van der Waals surface area contributed by atoms with Crippen molar-refractivity contribution < 1.29 is 4.79 Å². The van der Waals surface area contributed by atoms with Crippen LogP contribution in [-0.4, -0.2) is 30.9 Å². The number of aromatic amines is 1. The molecular weight excluding hydrogens is 272 g/mol. The SMILES string of the molecule is O=C(NCc1nnc2n1CCCCC2)c1ccc(=O)[nH]n1. The number of aryl methyl sites for hydroxylation is 1. The fourth-order valence-corrected chi connectivity index (χ4v) is 2.40. The van der Waals surface area contributed by atoms with Crippen LogP contribution in [0.3, 0.4) is 0 Å². The van der Waals surface area contributed by atoms with Gasteiger partial charge in [-0.15, -0.1) is 10.2 Å². The van der Waals surface area contributed by atoms with Crippen molar-refractivity contribution in [1.29, 1.82) is 0 Å². The summed E-state index contributed by atoms with van der Waals surface area (Å²) in [5.41, 5.74) is -0.167.